The SMILES string of the molecule is CCCCc1ccc(NC(=O)N2CCC(c3ncnc4cc(OC)c(CC)cc34)CC2)cc1. The van der Waals surface area contributed by atoms with E-state index in [2.05, 4.69) is 47.3 Å². The second-order valence-corrected chi connectivity index (χ2v) is 8.79. The fourth-order valence-corrected chi connectivity index (χ4v) is 4.63. The minimum atomic E-state index is -0.0275. The summed E-state index contributed by atoms with van der Waals surface area (Å²) in [7, 11) is 1.70. The van der Waals surface area contributed by atoms with Crippen LogP contribution in [-0.4, -0.2) is 41.1 Å². The van der Waals surface area contributed by atoms with Crippen LogP contribution < -0.4 is 10.1 Å². The minimum Gasteiger partial charge on any atom is -0.496 e. The van der Waals surface area contributed by atoms with Gasteiger partial charge in [0.05, 0.1) is 18.3 Å². The zero-order valence-electron chi connectivity index (χ0n) is 19.9. The van der Waals surface area contributed by atoms with Crippen molar-refractivity contribution in [2.45, 2.75) is 58.3 Å². The first-order valence-corrected chi connectivity index (χ1v) is 12.1. The van der Waals surface area contributed by atoms with Gasteiger partial charge in [-0.1, -0.05) is 32.4 Å². The Morgan fingerprint density at radius 1 is 1.12 bits per heavy atom. The molecule has 1 saturated heterocycles. The van der Waals surface area contributed by atoms with Crippen LogP contribution in [0.25, 0.3) is 10.9 Å². The number of aryl methyl sites for hydroxylation is 2. The highest BCUT2D eigenvalue weighted by molar-refractivity contribution is 5.89. The van der Waals surface area contributed by atoms with Crippen LogP contribution in [0.4, 0.5) is 10.5 Å². The van der Waals surface area contributed by atoms with Crippen molar-refractivity contribution in [1.29, 1.82) is 0 Å². The number of fused-ring (bicyclic) bond motifs is 1. The van der Waals surface area contributed by atoms with Gasteiger partial charge in [0.1, 0.15) is 12.1 Å². The molecule has 0 radical (unpaired) electrons. The Morgan fingerprint density at radius 2 is 1.88 bits per heavy atom. The van der Waals surface area contributed by atoms with Crippen LogP contribution in [0, 0.1) is 0 Å². The molecule has 1 fully saturated rings. The number of nitrogens with one attached hydrogen (secondary N) is 1. The predicted octanol–water partition coefficient (Wildman–Crippen LogP) is 5.95. The van der Waals surface area contributed by atoms with Crippen molar-refractivity contribution in [2.75, 3.05) is 25.5 Å². The molecule has 33 heavy (non-hydrogen) atoms. The number of unbranched alkanes of at least 4 members (excludes halogenated alkanes) is 1. The molecule has 2 amide bonds. The van der Waals surface area contributed by atoms with Crippen LogP contribution in [0.1, 0.15) is 62.3 Å². The van der Waals surface area contributed by atoms with Crippen LogP contribution in [0.3, 0.4) is 0 Å². The smallest absolute Gasteiger partial charge is 0.321 e. The first kappa shape index (κ1) is 23.0. The number of hydrogen-bond donors (Lipinski definition) is 1. The third kappa shape index (κ3) is 5.27. The third-order valence-electron chi connectivity index (χ3n) is 6.64. The highest BCUT2D eigenvalue weighted by atomic mass is 16.5. The summed E-state index contributed by atoms with van der Waals surface area (Å²) in [5, 5.41) is 4.15. The maximum Gasteiger partial charge on any atom is 0.321 e. The molecule has 174 valence electrons. The van der Waals surface area contributed by atoms with E-state index < -0.39 is 0 Å². The van der Waals surface area contributed by atoms with Crippen molar-refractivity contribution < 1.29 is 9.53 Å². The lowest BCUT2D eigenvalue weighted by Gasteiger charge is -2.32. The van der Waals surface area contributed by atoms with Gasteiger partial charge < -0.3 is 15.0 Å². The molecule has 6 nitrogen and oxygen atoms in total. The summed E-state index contributed by atoms with van der Waals surface area (Å²) in [5.41, 5.74) is 5.33. The van der Waals surface area contributed by atoms with Crippen LogP contribution in [0.2, 0.25) is 0 Å². The zero-order valence-corrected chi connectivity index (χ0v) is 19.9. The average Bonchev–Trinajstić information content (AvgIpc) is 2.87. The van der Waals surface area contributed by atoms with Gasteiger partial charge in [0.25, 0.3) is 0 Å². The number of piperidine rings is 1. The standard InChI is InChI=1S/C27H34N4O2/c1-4-6-7-19-8-10-22(11-9-19)30-27(32)31-14-12-21(13-15-31)26-23-16-20(5-2)25(33-3)17-24(23)28-18-29-26/h8-11,16-18,21H,4-7,12-15H2,1-3H3,(H,30,32). The largest absolute Gasteiger partial charge is 0.496 e. The number of rotatable bonds is 7. The van der Waals surface area contributed by atoms with Gasteiger partial charge in [0.2, 0.25) is 0 Å². The molecule has 0 atom stereocenters. The maximum absolute atomic E-state index is 12.8. The van der Waals surface area contributed by atoms with Crippen molar-refractivity contribution in [3.8, 4) is 5.75 Å². The Hall–Kier alpha value is -3.15. The van der Waals surface area contributed by atoms with E-state index in [4.69, 9.17) is 4.74 Å². The summed E-state index contributed by atoms with van der Waals surface area (Å²) >= 11 is 0. The van der Waals surface area contributed by atoms with Crippen molar-refractivity contribution in [1.82, 2.24) is 14.9 Å². The van der Waals surface area contributed by atoms with Crippen LogP contribution in [0.15, 0.2) is 42.7 Å². The molecule has 1 N–H and O–H groups in total. The molecule has 1 aliphatic rings. The van der Waals surface area contributed by atoms with Gasteiger partial charge in [-0.2, -0.15) is 0 Å². The number of benzene rings is 2. The number of aromatic nitrogens is 2. The van der Waals surface area contributed by atoms with Gasteiger partial charge in [-0.3, -0.25) is 0 Å². The molecule has 2 heterocycles. The maximum atomic E-state index is 12.8. The number of hydrogen-bond acceptors (Lipinski definition) is 4. The van der Waals surface area contributed by atoms with Crippen molar-refractivity contribution in [3.05, 3.63) is 59.5 Å². The molecule has 0 bridgehead atoms. The Morgan fingerprint density at radius 3 is 2.55 bits per heavy atom. The van der Waals surface area contributed by atoms with Gasteiger partial charge in [0, 0.05) is 36.1 Å². The highest BCUT2D eigenvalue weighted by Crippen LogP contribution is 2.34. The monoisotopic (exact) mass is 446 g/mol. The summed E-state index contributed by atoms with van der Waals surface area (Å²) in [5.74, 6) is 1.19. The Balaban J connectivity index is 1.40. The third-order valence-corrected chi connectivity index (χ3v) is 6.64. The summed E-state index contributed by atoms with van der Waals surface area (Å²) < 4.78 is 5.53. The van der Waals surface area contributed by atoms with E-state index in [0.717, 1.165) is 53.7 Å². The van der Waals surface area contributed by atoms with Crippen molar-refractivity contribution >= 4 is 22.6 Å². The van der Waals surface area contributed by atoms with E-state index >= 15 is 0 Å². The second kappa shape index (κ2) is 10.6. The number of ether oxygens (including phenoxy) is 1. The quantitative estimate of drug-likeness (QED) is 0.487. The Kier molecular flexibility index (Phi) is 7.43. The number of likely N-dealkylation sites (tertiary alicyclic amines) is 1. The lowest BCUT2D eigenvalue weighted by Crippen LogP contribution is -2.40. The van der Waals surface area contributed by atoms with Crippen LogP contribution in [-0.2, 0) is 12.8 Å². The number of carbonyl (C=O) groups is 1. The Labute approximate surface area is 196 Å². The first-order chi connectivity index (χ1) is 16.1. The van der Waals surface area contributed by atoms with E-state index in [1.165, 1.54) is 24.0 Å². The summed E-state index contributed by atoms with van der Waals surface area (Å²) in [4.78, 5) is 23.8. The number of urea groups is 1. The molecule has 0 saturated carbocycles. The second-order valence-electron chi connectivity index (χ2n) is 8.79. The Bertz CT molecular complexity index is 1090. The van der Waals surface area contributed by atoms with Crippen LogP contribution in [0.5, 0.6) is 5.75 Å². The average molecular weight is 447 g/mol. The van der Waals surface area contributed by atoms with Crippen molar-refractivity contribution in [2.24, 2.45) is 0 Å². The lowest BCUT2D eigenvalue weighted by atomic mass is 9.90. The van der Waals surface area contributed by atoms with E-state index in [9.17, 15) is 4.79 Å². The summed E-state index contributed by atoms with van der Waals surface area (Å²) in [6.45, 7) is 5.76. The summed E-state index contributed by atoms with van der Waals surface area (Å²) in [6.07, 6.45) is 7.79. The molecule has 1 aliphatic heterocycles. The molecule has 2 aromatic carbocycles. The van der Waals surface area contributed by atoms with E-state index in [-0.39, 0.29) is 6.03 Å². The van der Waals surface area contributed by atoms with Gasteiger partial charge in [0.15, 0.2) is 0 Å². The number of anilines is 1. The molecular weight excluding hydrogens is 412 g/mol. The molecule has 4 rings (SSSR count). The number of carbonyl (C=O) groups excluding carboxylic acids is 1. The lowest BCUT2D eigenvalue weighted by molar-refractivity contribution is 0.194. The normalized spacial score (nSPS) is 14.5. The van der Waals surface area contributed by atoms with E-state index in [0.29, 0.717) is 19.0 Å². The number of methoxy groups -OCH3 is 1. The molecule has 6 heteroatoms. The molecule has 0 spiro atoms. The van der Waals surface area contributed by atoms with E-state index in [1.807, 2.05) is 23.1 Å². The van der Waals surface area contributed by atoms with E-state index in [1.54, 1.807) is 13.4 Å². The van der Waals surface area contributed by atoms with Crippen LogP contribution >= 0.6 is 0 Å². The number of nitrogens with zero attached hydrogens (tertiary/aromatic N) is 3. The molecule has 0 unspecified atom stereocenters. The number of amides is 2. The minimum absolute atomic E-state index is 0.0275. The van der Waals surface area contributed by atoms with Gasteiger partial charge >= 0.3 is 6.03 Å². The first-order valence-electron chi connectivity index (χ1n) is 12.1. The van der Waals surface area contributed by atoms with Gasteiger partial charge in [-0.25, -0.2) is 14.8 Å². The van der Waals surface area contributed by atoms with Gasteiger partial charge in [-0.05, 0) is 61.4 Å². The zero-order chi connectivity index (χ0) is 23.2. The van der Waals surface area contributed by atoms with Crippen molar-refractivity contribution in [3.63, 3.8) is 0 Å². The summed E-state index contributed by atoms with van der Waals surface area (Å²) in [6, 6.07) is 12.4. The molecule has 0 aliphatic carbocycles. The molecule has 3 aromatic rings. The molecular formula is C27H34N4O2. The fourth-order valence-electron chi connectivity index (χ4n) is 4.63. The topological polar surface area (TPSA) is 67.4 Å². The molecule has 1 aromatic heterocycles. The fraction of sp³-hybridized carbons (Fsp3) is 0.444. The van der Waals surface area contributed by atoms with Gasteiger partial charge in [-0.15, -0.1) is 0 Å². The predicted molar refractivity (Wildman–Crippen MR) is 133 cm³/mol. The highest BCUT2D eigenvalue weighted by Gasteiger charge is 2.26.